The summed E-state index contributed by atoms with van der Waals surface area (Å²) in [4.78, 5) is 0. The quantitative estimate of drug-likeness (QED) is 0.851. The van der Waals surface area contributed by atoms with Crippen LogP contribution in [0.4, 0.5) is 4.39 Å². The zero-order valence-electron chi connectivity index (χ0n) is 9.42. The summed E-state index contributed by atoms with van der Waals surface area (Å²) >= 11 is 0. The third-order valence-electron chi connectivity index (χ3n) is 3.35. The van der Waals surface area contributed by atoms with E-state index in [9.17, 15) is 4.39 Å². The molecule has 0 saturated heterocycles. The number of rotatable bonds is 4. The Balaban J connectivity index is 1.93. The second kappa shape index (κ2) is 4.93. The molecule has 1 aliphatic rings. The molecule has 0 radical (unpaired) electrons. The Labute approximate surface area is 95.6 Å². The lowest BCUT2D eigenvalue weighted by Crippen LogP contribution is -2.37. The number of benzene rings is 1. The fourth-order valence-electron chi connectivity index (χ4n) is 2.24. The first-order valence-corrected chi connectivity index (χ1v) is 5.83. The van der Waals surface area contributed by atoms with E-state index in [1.807, 2.05) is 0 Å². The van der Waals surface area contributed by atoms with Crippen LogP contribution in [0.5, 0.6) is 0 Å². The monoisotopic (exact) mass is 223 g/mol. The van der Waals surface area contributed by atoms with Crippen molar-refractivity contribution in [2.75, 3.05) is 6.54 Å². The minimum Gasteiger partial charge on any atom is -0.369 e. The maximum atomic E-state index is 12.7. The van der Waals surface area contributed by atoms with Crippen LogP contribution in [-0.2, 0) is 11.3 Å². The highest BCUT2D eigenvalue weighted by Crippen LogP contribution is 2.32. The van der Waals surface area contributed by atoms with Crippen molar-refractivity contribution in [3.63, 3.8) is 0 Å². The van der Waals surface area contributed by atoms with Crippen molar-refractivity contribution in [2.24, 2.45) is 5.73 Å². The third-order valence-corrected chi connectivity index (χ3v) is 3.35. The van der Waals surface area contributed by atoms with Gasteiger partial charge in [0.15, 0.2) is 0 Å². The molecule has 0 heterocycles. The number of nitrogens with two attached hydrogens (primary N) is 1. The van der Waals surface area contributed by atoms with Crippen molar-refractivity contribution in [1.29, 1.82) is 0 Å². The van der Waals surface area contributed by atoms with Crippen LogP contribution in [0.1, 0.15) is 31.2 Å². The molecule has 0 bridgehead atoms. The molecule has 0 spiro atoms. The summed E-state index contributed by atoms with van der Waals surface area (Å²) in [5.74, 6) is -0.210. The van der Waals surface area contributed by atoms with E-state index in [-0.39, 0.29) is 11.4 Å². The summed E-state index contributed by atoms with van der Waals surface area (Å²) in [5, 5.41) is 0. The molecule has 1 saturated carbocycles. The van der Waals surface area contributed by atoms with Gasteiger partial charge in [0, 0.05) is 6.54 Å². The number of hydrogen-bond acceptors (Lipinski definition) is 2. The first-order valence-electron chi connectivity index (χ1n) is 5.83. The van der Waals surface area contributed by atoms with Crippen molar-refractivity contribution < 1.29 is 9.13 Å². The van der Waals surface area contributed by atoms with Gasteiger partial charge in [-0.3, -0.25) is 0 Å². The first-order chi connectivity index (χ1) is 7.74. The van der Waals surface area contributed by atoms with Gasteiger partial charge in [-0.15, -0.1) is 0 Å². The molecule has 16 heavy (non-hydrogen) atoms. The van der Waals surface area contributed by atoms with Gasteiger partial charge in [0.2, 0.25) is 0 Å². The second-order valence-corrected chi connectivity index (χ2v) is 4.51. The van der Waals surface area contributed by atoms with Gasteiger partial charge in [0.25, 0.3) is 0 Å². The molecule has 1 fully saturated rings. The van der Waals surface area contributed by atoms with E-state index >= 15 is 0 Å². The van der Waals surface area contributed by atoms with Gasteiger partial charge in [-0.25, -0.2) is 4.39 Å². The number of halogens is 1. The Hall–Kier alpha value is -0.930. The van der Waals surface area contributed by atoms with E-state index < -0.39 is 0 Å². The topological polar surface area (TPSA) is 35.2 Å². The van der Waals surface area contributed by atoms with E-state index in [1.165, 1.54) is 25.0 Å². The normalized spacial score (nSPS) is 18.9. The Morgan fingerprint density at radius 1 is 1.19 bits per heavy atom. The molecule has 3 heteroatoms. The number of ether oxygens (including phenoxy) is 1. The third kappa shape index (κ3) is 2.60. The zero-order chi connectivity index (χ0) is 11.4. The second-order valence-electron chi connectivity index (χ2n) is 4.51. The molecular formula is C13H18FNO. The van der Waals surface area contributed by atoms with Crippen LogP contribution in [-0.4, -0.2) is 12.1 Å². The standard InChI is InChI=1S/C13H18FNO/c14-12-5-3-11(4-6-12)9-16-13(10-15)7-1-2-8-13/h3-6H,1-2,7-10,15H2. The highest BCUT2D eigenvalue weighted by Gasteiger charge is 2.33. The minimum absolute atomic E-state index is 0.131. The van der Waals surface area contributed by atoms with E-state index in [0.29, 0.717) is 13.2 Å². The molecule has 2 N–H and O–H groups in total. The predicted molar refractivity (Wildman–Crippen MR) is 61.4 cm³/mol. The Morgan fingerprint density at radius 2 is 1.81 bits per heavy atom. The highest BCUT2D eigenvalue weighted by atomic mass is 19.1. The van der Waals surface area contributed by atoms with Crippen molar-refractivity contribution >= 4 is 0 Å². The zero-order valence-corrected chi connectivity index (χ0v) is 9.42. The van der Waals surface area contributed by atoms with Crippen LogP contribution in [0, 0.1) is 5.82 Å². The van der Waals surface area contributed by atoms with Gasteiger partial charge in [-0.05, 0) is 30.5 Å². The summed E-state index contributed by atoms with van der Waals surface area (Å²) in [7, 11) is 0. The predicted octanol–water partition coefficient (Wildman–Crippen LogP) is 2.61. The summed E-state index contributed by atoms with van der Waals surface area (Å²) < 4.78 is 18.6. The average molecular weight is 223 g/mol. The molecular weight excluding hydrogens is 205 g/mol. The largest absolute Gasteiger partial charge is 0.369 e. The summed E-state index contributed by atoms with van der Waals surface area (Å²) in [5.41, 5.74) is 6.64. The van der Waals surface area contributed by atoms with Crippen LogP contribution in [0.15, 0.2) is 24.3 Å². The van der Waals surface area contributed by atoms with Gasteiger partial charge >= 0.3 is 0 Å². The smallest absolute Gasteiger partial charge is 0.123 e. The molecule has 0 unspecified atom stereocenters. The van der Waals surface area contributed by atoms with E-state index in [0.717, 1.165) is 18.4 Å². The Morgan fingerprint density at radius 3 is 2.38 bits per heavy atom. The van der Waals surface area contributed by atoms with Crippen molar-refractivity contribution in [2.45, 2.75) is 37.9 Å². The summed E-state index contributed by atoms with van der Waals surface area (Å²) in [6.45, 7) is 1.10. The summed E-state index contributed by atoms with van der Waals surface area (Å²) in [6, 6.07) is 6.44. The lowest BCUT2D eigenvalue weighted by Gasteiger charge is -2.27. The van der Waals surface area contributed by atoms with E-state index in [1.54, 1.807) is 12.1 Å². The Kier molecular flexibility index (Phi) is 3.56. The Bertz CT molecular complexity index is 330. The fourth-order valence-corrected chi connectivity index (χ4v) is 2.24. The molecule has 2 rings (SSSR count). The van der Waals surface area contributed by atoms with Gasteiger partial charge in [-0.1, -0.05) is 25.0 Å². The fraction of sp³-hybridized carbons (Fsp3) is 0.538. The molecule has 1 aromatic carbocycles. The van der Waals surface area contributed by atoms with Crippen molar-refractivity contribution in [3.8, 4) is 0 Å². The molecule has 1 aliphatic carbocycles. The van der Waals surface area contributed by atoms with Gasteiger partial charge in [-0.2, -0.15) is 0 Å². The molecule has 0 amide bonds. The van der Waals surface area contributed by atoms with E-state index in [4.69, 9.17) is 10.5 Å². The average Bonchev–Trinajstić information content (AvgIpc) is 2.78. The molecule has 0 aliphatic heterocycles. The van der Waals surface area contributed by atoms with Gasteiger partial charge in [0.05, 0.1) is 12.2 Å². The number of hydrogen-bond donors (Lipinski definition) is 1. The van der Waals surface area contributed by atoms with Crippen molar-refractivity contribution in [1.82, 2.24) is 0 Å². The summed E-state index contributed by atoms with van der Waals surface area (Å²) in [6.07, 6.45) is 4.48. The van der Waals surface area contributed by atoms with Crippen molar-refractivity contribution in [3.05, 3.63) is 35.6 Å². The van der Waals surface area contributed by atoms with Crippen LogP contribution >= 0.6 is 0 Å². The van der Waals surface area contributed by atoms with Gasteiger partial charge in [0.1, 0.15) is 5.82 Å². The first kappa shape index (κ1) is 11.6. The molecule has 88 valence electrons. The van der Waals surface area contributed by atoms with Gasteiger partial charge < -0.3 is 10.5 Å². The minimum atomic E-state index is -0.210. The molecule has 2 nitrogen and oxygen atoms in total. The maximum absolute atomic E-state index is 12.7. The van der Waals surface area contributed by atoms with Crippen LogP contribution < -0.4 is 5.73 Å². The molecule has 1 aromatic rings. The molecule has 0 atom stereocenters. The highest BCUT2D eigenvalue weighted by molar-refractivity contribution is 5.15. The lowest BCUT2D eigenvalue weighted by atomic mass is 10.0. The van der Waals surface area contributed by atoms with Crippen LogP contribution in [0.2, 0.25) is 0 Å². The maximum Gasteiger partial charge on any atom is 0.123 e. The van der Waals surface area contributed by atoms with Crippen LogP contribution in [0.3, 0.4) is 0 Å². The van der Waals surface area contributed by atoms with E-state index in [2.05, 4.69) is 0 Å². The lowest BCUT2D eigenvalue weighted by molar-refractivity contribution is -0.0448. The van der Waals surface area contributed by atoms with Crippen LogP contribution in [0.25, 0.3) is 0 Å². The SMILES string of the molecule is NCC1(OCc2ccc(F)cc2)CCCC1. The molecule has 0 aromatic heterocycles.